The highest BCUT2D eigenvalue weighted by Crippen LogP contribution is 2.26. The van der Waals surface area contributed by atoms with E-state index in [0.717, 1.165) is 70.6 Å². The maximum absolute atomic E-state index is 12.9. The van der Waals surface area contributed by atoms with Crippen LogP contribution in [0.3, 0.4) is 0 Å². The van der Waals surface area contributed by atoms with Gasteiger partial charge in [-0.1, -0.05) is 107 Å². The van der Waals surface area contributed by atoms with Crippen molar-refractivity contribution in [1.29, 1.82) is 0 Å². The highest BCUT2D eigenvalue weighted by molar-refractivity contribution is 5.70. The minimum Gasteiger partial charge on any atom is -0.462 e. The Balaban J connectivity index is 1.87. The van der Waals surface area contributed by atoms with E-state index in [4.69, 9.17) is 28.4 Å². The first-order valence-corrected chi connectivity index (χ1v) is 23.2. The van der Waals surface area contributed by atoms with Crippen molar-refractivity contribution in [2.45, 2.75) is 210 Å². The number of hydrogen-bond acceptors (Lipinski definition) is 15. The molecule has 0 aromatic carbocycles. The van der Waals surface area contributed by atoms with Crippen LogP contribution in [-0.2, 0) is 38.0 Å². The van der Waals surface area contributed by atoms with E-state index >= 15 is 0 Å². The lowest BCUT2D eigenvalue weighted by Crippen LogP contribution is -2.61. The van der Waals surface area contributed by atoms with E-state index in [9.17, 15) is 45.3 Å². The van der Waals surface area contributed by atoms with Crippen LogP contribution in [0.25, 0.3) is 0 Å². The van der Waals surface area contributed by atoms with Crippen LogP contribution >= 0.6 is 0 Å². The van der Waals surface area contributed by atoms with E-state index in [2.05, 4.69) is 62.5 Å². The number of rotatable bonds is 34. The molecule has 2 aliphatic heterocycles. The quantitative estimate of drug-likeness (QED) is 0.0252. The third-order valence-corrected chi connectivity index (χ3v) is 10.8. The molecule has 2 rings (SSSR count). The molecule has 15 nitrogen and oxygen atoms in total. The van der Waals surface area contributed by atoms with Crippen molar-refractivity contribution in [3.05, 3.63) is 48.6 Å². The second kappa shape index (κ2) is 34.8. The fourth-order valence-corrected chi connectivity index (χ4v) is 6.85. The second-order valence-electron chi connectivity index (χ2n) is 16.2. The van der Waals surface area contributed by atoms with Gasteiger partial charge in [0.1, 0.15) is 55.4 Å². The maximum Gasteiger partial charge on any atom is 0.306 e. The van der Waals surface area contributed by atoms with Gasteiger partial charge in [-0.15, -0.1) is 0 Å². The monoisotopic (exact) mass is 885 g/mol. The van der Waals surface area contributed by atoms with Crippen LogP contribution in [0.15, 0.2) is 48.6 Å². The molecule has 0 amide bonds. The van der Waals surface area contributed by atoms with Gasteiger partial charge in [0.2, 0.25) is 0 Å². The lowest BCUT2D eigenvalue weighted by molar-refractivity contribution is -0.332. The summed E-state index contributed by atoms with van der Waals surface area (Å²) in [5.41, 5.74) is 0. The van der Waals surface area contributed by atoms with E-state index in [1.165, 1.54) is 32.1 Å². The first-order chi connectivity index (χ1) is 30.0. The number of aliphatic hydroxyl groups excluding tert-OH is 7. The van der Waals surface area contributed by atoms with Crippen LogP contribution in [0.1, 0.15) is 142 Å². The Bertz CT molecular complexity index is 1270. The van der Waals surface area contributed by atoms with Gasteiger partial charge < -0.3 is 64.2 Å². The number of carbonyl (C=O) groups excluding carboxylic acids is 2. The molecule has 2 fully saturated rings. The van der Waals surface area contributed by atoms with Crippen LogP contribution in [0.5, 0.6) is 0 Å². The lowest BCUT2D eigenvalue weighted by Gasteiger charge is -2.42. The molecule has 0 aromatic rings. The number of carbonyl (C=O) groups is 2. The molecule has 4 unspecified atom stereocenters. The van der Waals surface area contributed by atoms with Gasteiger partial charge in [-0.25, -0.2) is 0 Å². The van der Waals surface area contributed by atoms with Crippen molar-refractivity contribution in [3.63, 3.8) is 0 Å². The number of hydrogen-bond donors (Lipinski definition) is 7. The molecule has 62 heavy (non-hydrogen) atoms. The topological polar surface area (TPSA) is 231 Å². The summed E-state index contributed by atoms with van der Waals surface area (Å²) >= 11 is 0. The van der Waals surface area contributed by atoms with E-state index in [1.807, 2.05) is 0 Å². The Kier molecular flexibility index (Phi) is 31.2. The summed E-state index contributed by atoms with van der Waals surface area (Å²) in [7, 11) is 0. The molecule has 0 saturated carbocycles. The Hall–Kier alpha value is -2.54. The number of esters is 2. The highest BCUT2D eigenvalue weighted by atomic mass is 16.7. The molecular weight excluding hydrogens is 805 g/mol. The van der Waals surface area contributed by atoms with Crippen molar-refractivity contribution in [1.82, 2.24) is 0 Å². The zero-order valence-electron chi connectivity index (χ0n) is 37.3. The Morgan fingerprint density at radius 2 is 0.984 bits per heavy atom. The zero-order chi connectivity index (χ0) is 45.4. The average Bonchev–Trinajstić information content (AvgIpc) is 3.26. The van der Waals surface area contributed by atoms with Gasteiger partial charge in [0.05, 0.1) is 19.8 Å². The van der Waals surface area contributed by atoms with Gasteiger partial charge in [0.25, 0.3) is 0 Å². The molecule has 2 saturated heterocycles. The highest BCUT2D eigenvalue weighted by Gasteiger charge is 2.47. The van der Waals surface area contributed by atoms with Crippen LogP contribution in [0.4, 0.5) is 0 Å². The van der Waals surface area contributed by atoms with Gasteiger partial charge in [-0.2, -0.15) is 0 Å². The van der Waals surface area contributed by atoms with Crippen molar-refractivity contribution in [2.24, 2.45) is 0 Å². The largest absolute Gasteiger partial charge is 0.462 e. The molecule has 0 aliphatic carbocycles. The molecule has 0 radical (unpaired) electrons. The summed E-state index contributed by atoms with van der Waals surface area (Å²) in [5.74, 6) is -0.987. The van der Waals surface area contributed by atoms with Crippen molar-refractivity contribution >= 4 is 11.9 Å². The Morgan fingerprint density at radius 3 is 1.61 bits per heavy atom. The fraction of sp³-hybridized carbons (Fsp3) is 0.787. The van der Waals surface area contributed by atoms with Gasteiger partial charge in [-0.05, 0) is 70.6 Å². The third kappa shape index (κ3) is 23.4. The molecule has 358 valence electrons. The van der Waals surface area contributed by atoms with Crippen LogP contribution in [0.2, 0.25) is 0 Å². The molecule has 7 N–H and O–H groups in total. The summed E-state index contributed by atoms with van der Waals surface area (Å²) in [6.07, 6.45) is 18.7. The van der Waals surface area contributed by atoms with E-state index < -0.39 is 99.3 Å². The van der Waals surface area contributed by atoms with E-state index in [-0.39, 0.29) is 19.4 Å². The van der Waals surface area contributed by atoms with Crippen LogP contribution in [0, 0.1) is 0 Å². The lowest BCUT2D eigenvalue weighted by atomic mass is 9.98. The predicted molar refractivity (Wildman–Crippen MR) is 233 cm³/mol. The minimum absolute atomic E-state index is 0.145. The summed E-state index contributed by atoms with van der Waals surface area (Å²) in [6.45, 7) is 2.44. The molecular formula is C47H80O15. The van der Waals surface area contributed by atoms with Gasteiger partial charge in [0, 0.05) is 12.8 Å². The molecule has 2 aliphatic rings. The zero-order valence-corrected chi connectivity index (χ0v) is 37.3. The normalized spacial score (nSPS) is 27.5. The second-order valence-corrected chi connectivity index (χ2v) is 16.2. The summed E-state index contributed by atoms with van der Waals surface area (Å²) < 4.78 is 33.4. The Morgan fingerprint density at radius 1 is 0.516 bits per heavy atom. The van der Waals surface area contributed by atoms with Gasteiger partial charge in [-0.3, -0.25) is 9.59 Å². The van der Waals surface area contributed by atoms with Crippen LogP contribution in [-0.4, -0.2) is 142 Å². The standard InChI is InChI=1S/C47H80O15/c1-3-5-7-9-11-13-15-16-17-18-20-21-23-25-27-29-38(49)57-32-35(60-39(50)30-28-26-24-22-19-14-12-10-8-6-4-2)33-58-46-45(56)43(54)41(52)37(62-46)34-59-47-44(55)42(53)40(51)36(31-48)61-47/h10-13,16-17,20-21,35-37,40-48,51-56H,3-9,14-15,18-19,22-34H2,1-2H3/b12-10+,13-11+,17-16+,21-20+/t35-,36-,37-,40+,41+,42?,43?,44?,45?,46-,47-/m1/s1. The number of allylic oxidation sites excluding steroid dienone is 8. The molecule has 0 spiro atoms. The number of ether oxygens (including phenoxy) is 6. The van der Waals surface area contributed by atoms with Crippen molar-refractivity contribution < 1.29 is 73.8 Å². The predicted octanol–water partition coefficient (Wildman–Crippen LogP) is 5.15. The molecule has 15 heteroatoms. The first-order valence-electron chi connectivity index (χ1n) is 23.2. The van der Waals surface area contributed by atoms with Crippen LogP contribution < -0.4 is 0 Å². The molecule has 0 bridgehead atoms. The molecule has 11 atom stereocenters. The molecule has 2 heterocycles. The Labute approximate surface area is 369 Å². The minimum atomic E-state index is -1.77. The third-order valence-electron chi connectivity index (χ3n) is 10.8. The maximum atomic E-state index is 12.9. The van der Waals surface area contributed by atoms with Gasteiger partial charge >= 0.3 is 11.9 Å². The first kappa shape index (κ1) is 55.6. The average molecular weight is 885 g/mol. The summed E-state index contributed by atoms with van der Waals surface area (Å²) in [5, 5.41) is 71.8. The SMILES string of the molecule is CCCC/C=C/CCCCCCCC(=O)O[C@H](COC(=O)CCCC/C=C/C/C=C/C/C=C/CCCCC)CO[C@@H]1O[C@H](CO[C@@H]2O[C@H](CO)[C@H](O)C(O)C2O)[C@H](O)C(O)C1O. The van der Waals surface area contributed by atoms with Crippen molar-refractivity contribution in [2.75, 3.05) is 26.4 Å². The fourth-order valence-electron chi connectivity index (χ4n) is 6.85. The van der Waals surface area contributed by atoms with E-state index in [0.29, 0.717) is 12.8 Å². The number of unbranched alkanes of at least 4 members (excludes halogenated alkanes) is 12. The smallest absolute Gasteiger partial charge is 0.306 e. The van der Waals surface area contributed by atoms with Gasteiger partial charge in [0.15, 0.2) is 18.7 Å². The molecule has 0 aromatic heterocycles. The van der Waals surface area contributed by atoms with Crippen molar-refractivity contribution in [3.8, 4) is 0 Å². The summed E-state index contributed by atoms with van der Waals surface area (Å²) in [6, 6.07) is 0. The van der Waals surface area contributed by atoms with E-state index in [1.54, 1.807) is 0 Å². The number of aliphatic hydroxyl groups is 7. The summed E-state index contributed by atoms with van der Waals surface area (Å²) in [4.78, 5) is 25.6.